The van der Waals surface area contributed by atoms with Gasteiger partial charge in [-0.1, -0.05) is 37.8 Å². The number of ether oxygens (including phenoxy) is 1. The second-order valence-corrected chi connectivity index (χ2v) is 16.9. The van der Waals surface area contributed by atoms with E-state index in [1.807, 2.05) is 35.0 Å². The predicted octanol–water partition coefficient (Wildman–Crippen LogP) is 4.40. The van der Waals surface area contributed by atoms with Crippen molar-refractivity contribution in [2.75, 3.05) is 29.5 Å². The van der Waals surface area contributed by atoms with Gasteiger partial charge in [0.15, 0.2) is 0 Å². The van der Waals surface area contributed by atoms with E-state index in [0.29, 0.717) is 37.0 Å². The van der Waals surface area contributed by atoms with Crippen LogP contribution < -0.4 is 9.62 Å². The Morgan fingerprint density at radius 1 is 1.19 bits per heavy atom. The van der Waals surface area contributed by atoms with E-state index in [4.69, 9.17) is 16.3 Å². The van der Waals surface area contributed by atoms with E-state index in [1.165, 1.54) is 17.6 Å². The fourth-order valence-electron chi connectivity index (χ4n) is 3.14. The second kappa shape index (κ2) is 9.78. The van der Waals surface area contributed by atoms with Crippen molar-refractivity contribution in [3.63, 3.8) is 0 Å². The lowest BCUT2D eigenvalue weighted by Crippen LogP contribution is -2.26. The molecule has 11 heteroatoms. The van der Waals surface area contributed by atoms with Gasteiger partial charge in [-0.25, -0.2) is 13.4 Å². The SMILES string of the molecule is CN(c1ccccc1CNc1nc(Cl)nc2c1ccn2COCC[Si](C)(C)C)S(C)(=O)=O. The van der Waals surface area contributed by atoms with Gasteiger partial charge in [-0.05, 0) is 35.3 Å². The lowest BCUT2D eigenvalue weighted by Gasteiger charge is -2.20. The molecule has 0 unspecified atom stereocenters. The summed E-state index contributed by atoms with van der Waals surface area (Å²) < 4.78 is 33.0. The Kier molecular flexibility index (Phi) is 7.49. The minimum Gasteiger partial charge on any atom is -0.365 e. The summed E-state index contributed by atoms with van der Waals surface area (Å²) in [6.07, 6.45) is 3.08. The molecule has 2 aromatic heterocycles. The maximum atomic E-state index is 12.0. The molecule has 0 bridgehead atoms. The Labute approximate surface area is 195 Å². The van der Waals surface area contributed by atoms with Crippen LogP contribution in [0.3, 0.4) is 0 Å². The van der Waals surface area contributed by atoms with Crippen LogP contribution in [0.2, 0.25) is 31.0 Å². The highest BCUT2D eigenvalue weighted by atomic mass is 35.5. The molecule has 2 heterocycles. The first-order valence-corrected chi connectivity index (χ1v) is 16.2. The van der Waals surface area contributed by atoms with Crippen LogP contribution in [0, 0.1) is 0 Å². The Balaban J connectivity index is 1.79. The van der Waals surface area contributed by atoms with E-state index in [0.717, 1.165) is 17.0 Å². The number of benzene rings is 1. The van der Waals surface area contributed by atoms with Crippen LogP contribution in [0.25, 0.3) is 11.0 Å². The zero-order valence-electron chi connectivity index (χ0n) is 19.1. The third-order valence-electron chi connectivity index (χ3n) is 5.09. The molecule has 0 saturated heterocycles. The summed E-state index contributed by atoms with van der Waals surface area (Å²) in [5, 5.41) is 4.23. The van der Waals surface area contributed by atoms with E-state index in [-0.39, 0.29) is 5.28 Å². The average Bonchev–Trinajstić information content (AvgIpc) is 3.10. The molecule has 0 amide bonds. The summed E-state index contributed by atoms with van der Waals surface area (Å²) in [7, 11) is -2.99. The smallest absolute Gasteiger partial charge is 0.232 e. The van der Waals surface area contributed by atoms with Crippen molar-refractivity contribution < 1.29 is 13.2 Å². The number of halogens is 1. The number of rotatable bonds is 10. The number of anilines is 2. The number of sulfonamides is 1. The minimum atomic E-state index is -3.38. The quantitative estimate of drug-likeness (QED) is 0.254. The molecular formula is C21H30ClN5O3SSi. The van der Waals surface area contributed by atoms with E-state index >= 15 is 0 Å². The Bertz CT molecular complexity index is 1190. The van der Waals surface area contributed by atoms with Gasteiger partial charge in [0.2, 0.25) is 15.3 Å². The highest BCUT2D eigenvalue weighted by Crippen LogP contribution is 2.26. The average molecular weight is 496 g/mol. The van der Waals surface area contributed by atoms with E-state index in [2.05, 4.69) is 34.9 Å². The monoisotopic (exact) mass is 495 g/mol. The fraction of sp³-hybridized carbons (Fsp3) is 0.429. The second-order valence-electron chi connectivity index (χ2n) is 8.92. The van der Waals surface area contributed by atoms with Crippen LogP contribution >= 0.6 is 11.6 Å². The molecule has 1 aromatic carbocycles. The number of hydrogen-bond donors (Lipinski definition) is 1. The lowest BCUT2D eigenvalue weighted by atomic mass is 10.1. The molecule has 3 aromatic rings. The van der Waals surface area contributed by atoms with Gasteiger partial charge in [0.1, 0.15) is 18.2 Å². The molecule has 0 aliphatic carbocycles. The van der Waals surface area contributed by atoms with Gasteiger partial charge in [-0.3, -0.25) is 4.31 Å². The van der Waals surface area contributed by atoms with Crippen molar-refractivity contribution in [2.45, 2.75) is 39.0 Å². The zero-order valence-corrected chi connectivity index (χ0v) is 21.7. The third kappa shape index (κ3) is 6.22. The van der Waals surface area contributed by atoms with Crippen molar-refractivity contribution >= 4 is 52.2 Å². The maximum Gasteiger partial charge on any atom is 0.232 e. The topological polar surface area (TPSA) is 89.3 Å². The van der Waals surface area contributed by atoms with Gasteiger partial charge in [-0.15, -0.1) is 0 Å². The molecule has 32 heavy (non-hydrogen) atoms. The summed E-state index contributed by atoms with van der Waals surface area (Å²) in [6, 6.07) is 10.3. The zero-order chi connectivity index (χ0) is 23.5. The maximum absolute atomic E-state index is 12.0. The molecule has 0 atom stereocenters. The van der Waals surface area contributed by atoms with Gasteiger partial charge < -0.3 is 14.6 Å². The predicted molar refractivity (Wildman–Crippen MR) is 134 cm³/mol. The Morgan fingerprint density at radius 3 is 2.59 bits per heavy atom. The van der Waals surface area contributed by atoms with Gasteiger partial charge in [0.25, 0.3) is 0 Å². The van der Waals surface area contributed by atoms with Crippen molar-refractivity contribution in [3.05, 3.63) is 47.4 Å². The first-order valence-electron chi connectivity index (χ1n) is 10.3. The van der Waals surface area contributed by atoms with Crippen LogP contribution in [0.4, 0.5) is 11.5 Å². The number of nitrogens with zero attached hydrogens (tertiary/aromatic N) is 4. The first-order chi connectivity index (χ1) is 15.0. The molecule has 0 saturated carbocycles. The molecule has 0 spiro atoms. The molecule has 0 radical (unpaired) electrons. The molecule has 3 rings (SSSR count). The van der Waals surface area contributed by atoms with E-state index in [1.54, 1.807) is 6.07 Å². The standard InChI is InChI=1S/C21H30ClN5O3SSi/c1-26(31(2,28)29)18-9-7-6-8-16(18)14-23-19-17-10-11-27(20(17)25-21(22)24-19)15-30-12-13-32(3,4)5/h6-11H,12-15H2,1-5H3,(H,23,24,25). The van der Waals surface area contributed by atoms with Crippen molar-refractivity contribution in [1.82, 2.24) is 14.5 Å². The van der Waals surface area contributed by atoms with Crippen LogP contribution in [0.1, 0.15) is 5.56 Å². The minimum absolute atomic E-state index is 0.128. The van der Waals surface area contributed by atoms with Crippen molar-refractivity contribution in [2.24, 2.45) is 0 Å². The fourth-order valence-corrected chi connectivity index (χ4v) is 4.60. The number of nitrogens with one attached hydrogen (secondary N) is 1. The molecule has 0 aliphatic rings. The molecular weight excluding hydrogens is 466 g/mol. The molecule has 0 aliphatic heterocycles. The van der Waals surface area contributed by atoms with Crippen LogP contribution in [0.5, 0.6) is 0 Å². The third-order valence-corrected chi connectivity index (χ3v) is 8.16. The molecule has 1 N–H and O–H groups in total. The number of fused-ring (bicyclic) bond motifs is 1. The normalized spacial score (nSPS) is 12.3. The molecule has 0 fully saturated rings. The van der Waals surface area contributed by atoms with E-state index < -0.39 is 18.1 Å². The summed E-state index contributed by atoms with van der Waals surface area (Å²) in [4.78, 5) is 8.72. The van der Waals surface area contributed by atoms with Crippen molar-refractivity contribution in [3.8, 4) is 0 Å². The highest BCUT2D eigenvalue weighted by molar-refractivity contribution is 7.92. The Hall–Kier alpha value is -2.14. The number of para-hydroxylation sites is 1. The summed E-state index contributed by atoms with van der Waals surface area (Å²) in [5.41, 5.74) is 2.10. The van der Waals surface area contributed by atoms with Crippen LogP contribution in [-0.4, -0.2) is 50.9 Å². The molecule has 174 valence electrons. The summed E-state index contributed by atoms with van der Waals surface area (Å²) in [5.74, 6) is 0.581. The molecule has 8 nitrogen and oxygen atoms in total. The number of hydrogen-bond acceptors (Lipinski definition) is 6. The van der Waals surface area contributed by atoms with Crippen LogP contribution in [0.15, 0.2) is 36.5 Å². The lowest BCUT2D eigenvalue weighted by molar-refractivity contribution is 0.0899. The van der Waals surface area contributed by atoms with Gasteiger partial charge in [0.05, 0.1) is 17.3 Å². The van der Waals surface area contributed by atoms with Gasteiger partial charge in [-0.2, -0.15) is 4.98 Å². The van der Waals surface area contributed by atoms with Gasteiger partial charge >= 0.3 is 0 Å². The van der Waals surface area contributed by atoms with E-state index in [9.17, 15) is 8.42 Å². The highest BCUT2D eigenvalue weighted by Gasteiger charge is 2.17. The summed E-state index contributed by atoms with van der Waals surface area (Å²) in [6.45, 7) is 8.43. The Morgan fingerprint density at radius 2 is 1.91 bits per heavy atom. The summed E-state index contributed by atoms with van der Waals surface area (Å²) >= 11 is 6.20. The van der Waals surface area contributed by atoms with Crippen LogP contribution in [-0.2, 0) is 28.0 Å². The van der Waals surface area contributed by atoms with Crippen molar-refractivity contribution in [1.29, 1.82) is 0 Å². The largest absolute Gasteiger partial charge is 0.365 e. The first kappa shape index (κ1) is 24.5. The van der Waals surface area contributed by atoms with Gasteiger partial charge in [0, 0.05) is 34.5 Å². The number of aromatic nitrogens is 3.